The van der Waals surface area contributed by atoms with Gasteiger partial charge in [0.15, 0.2) is 5.96 Å². The van der Waals surface area contributed by atoms with Gasteiger partial charge in [0.2, 0.25) is 0 Å². The fourth-order valence-corrected chi connectivity index (χ4v) is 3.58. The predicted molar refractivity (Wildman–Crippen MR) is 139 cm³/mol. The first kappa shape index (κ1) is 25.4. The lowest BCUT2D eigenvalue weighted by Crippen LogP contribution is -2.42. The minimum absolute atomic E-state index is 0. The number of hydrogen-bond donors (Lipinski definition) is 2. The summed E-state index contributed by atoms with van der Waals surface area (Å²) in [5.74, 6) is 1.86. The van der Waals surface area contributed by atoms with E-state index in [0.717, 1.165) is 56.4 Å². The number of benzene rings is 1. The number of ether oxygens (including phenoxy) is 1. The molecule has 0 radical (unpaired) electrons. The van der Waals surface area contributed by atoms with Crippen molar-refractivity contribution in [3.63, 3.8) is 0 Å². The predicted octanol–water partition coefficient (Wildman–Crippen LogP) is 4.00. The number of anilines is 1. The van der Waals surface area contributed by atoms with Gasteiger partial charge in [-0.3, -0.25) is 0 Å². The zero-order chi connectivity index (χ0) is 21.2. The van der Waals surface area contributed by atoms with Gasteiger partial charge in [-0.25, -0.2) is 9.98 Å². The lowest BCUT2D eigenvalue weighted by molar-refractivity contribution is 0.0529. The summed E-state index contributed by atoms with van der Waals surface area (Å²) in [5, 5.41) is 6.90. The molecule has 7 heteroatoms. The lowest BCUT2D eigenvalue weighted by atomic mass is 10.1. The maximum atomic E-state index is 5.64. The molecule has 2 unspecified atom stereocenters. The molecule has 1 aromatic heterocycles. The Balaban J connectivity index is 0.00000341. The van der Waals surface area contributed by atoms with Crippen molar-refractivity contribution in [1.82, 2.24) is 15.6 Å². The molecule has 1 aliphatic rings. The quantitative estimate of drug-likeness (QED) is 0.303. The van der Waals surface area contributed by atoms with Crippen molar-refractivity contribution >= 4 is 35.8 Å². The Bertz CT molecular complexity index is 802. The first-order valence-electron chi connectivity index (χ1n) is 11.0. The van der Waals surface area contributed by atoms with Crippen LogP contribution in [0.3, 0.4) is 0 Å². The number of hydrogen-bond acceptors (Lipinski definition) is 4. The highest BCUT2D eigenvalue weighted by Gasteiger charge is 2.18. The summed E-state index contributed by atoms with van der Waals surface area (Å²) >= 11 is 0. The van der Waals surface area contributed by atoms with Crippen LogP contribution < -0.4 is 15.5 Å². The number of aromatic nitrogens is 1. The summed E-state index contributed by atoms with van der Waals surface area (Å²) in [7, 11) is 0. The molecule has 0 aliphatic carbocycles. The van der Waals surface area contributed by atoms with Crippen molar-refractivity contribution in [3.8, 4) is 0 Å². The Kier molecular flexibility index (Phi) is 11.1. The molecule has 6 nitrogen and oxygen atoms in total. The van der Waals surface area contributed by atoms with E-state index in [1.807, 2.05) is 12.3 Å². The van der Waals surface area contributed by atoms with E-state index in [-0.39, 0.29) is 30.1 Å². The van der Waals surface area contributed by atoms with Crippen LogP contribution in [0.5, 0.6) is 0 Å². The van der Waals surface area contributed by atoms with E-state index in [4.69, 9.17) is 9.73 Å². The van der Waals surface area contributed by atoms with Gasteiger partial charge in [-0.15, -0.1) is 24.0 Å². The zero-order valence-corrected chi connectivity index (χ0v) is 21.2. The van der Waals surface area contributed by atoms with Crippen LogP contribution in [-0.4, -0.2) is 49.3 Å². The summed E-state index contributed by atoms with van der Waals surface area (Å²) in [6.45, 7) is 10.4. The highest BCUT2D eigenvalue weighted by Crippen LogP contribution is 2.17. The Labute approximate surface area is 203 Å². The molecule has 31 heavy (non-hydrogen) atoms. The number of morpholine rings is 1. The molecule has 0 amide bonds. The SMILES string of the molecule is CCNC(=NCc1ccnc(N2CCOC(C)C2)c1)NC(C)CCc1ccccc1.I. The van der Waals surface area contributed by atoms with E-state index < -0.39 is 0 Å². The second-order valence-corrected chi connectivity index (χ2v) is 7.91. The van der Waals surface area contributed by atoms with Crippen molar-refractivity contribution in [1.29, 1.82) is 0 Å². The minimum Gasteiger partial charge on any atom is -0.375 e. The number of nitrogens with one attached hydrogen (secondary N) is 2. The van der Waals surface area contributed by atoms with Gasteiger partial charge < -0.3 is 20.3 Å². The molecule has 0 spiro atoms. The van der Waals surface area contributed by atoms with Crippen molar-refractivity contribution < 1.29 is 4.74 Å². The van der Waals surface area contributed by atoms with E-state index in [1.165, 1.54) is 5.56 Å². The van der Waals surface area contributed by atoms with E-state index in [0.29, 0.717) is 12.6 Å². The third-order valence-corrected chi connectivity index (χ3v) is 5.23. The van der Waals surface area contributed by atoms with E-state index >= 15 is 0 Å². The van der Waals surface area contributed by atoms with Crippen molar-refractivity contribution in [2.24, 2.45) is 4.99 Å². The number of pyridine rings is 1. The Morgan fingerprint density at radius 2 is 2.06 bits per heavy atom. The largest absolute Gasteiger partial charge is 0.375 e. The lowest BCUT2D eigenvalue weighted by Gasteiger charge is -2.32. The Hall–Kier alpha value is -1.87. The second-order valence-electron chi connectivity index (χ2n) is 7.91. The standard InChI is InChI=1S/C24H35N5O.HI/c1-4-25-24(28-19(2)10-11-21-8-6-5-7-9-21)27-17-22-12-13-26-23(16-22)29-14-15-30-20(3)18-29;/h5-9,12-13,16,19-20H,4,10-11,14-15,17-18H2,1-3H3,(H2,25,27,28);1H. The van der Waals surface area contributed by atoms with Gasteiger partial charge in [0.05, 0.1) is 19.3 Å². The van der Waals surface area contributed by atoms with Crippen LogP contribution >= 0.6 is 24.0 Å². The molecule has 2 heterocycles. The molecule has 1 saturated heterocycles. The van der Waals surface area contributed by atoms with Gasteiger partial charge in [0.25, 0.3) is 0 Å². The highest BCUT2D eigenvalue weighted by atomic mass is 127. The molecule has 0 saturated carbocycles. The van der Waals surface area contributed by atoms with Crippen LogP contribution in [0.15, 0.2) is 53.7 Å². The summed E-state index contributed by atoms with van der Waals surface area (Å²) < 4.78 is 5.64. The van der Waals surface area contributed by atoms with Gasteiger partial charge in [0.1, 0.15) is 5.82 Å². The van der Waals surface area contributed by atoms with Gasteiger partial charge >= 0.3 is 0 Å². The van der Waals surface area contributed by atoms with Crippen molar-refractivity contribution in [2.75, 3.05) is 31.1 Å². The van der Waals surface area contributed by atoms with E-state index in [1.54, 1.807) is 0 Å². The van der Waals surface area contributed by atoms with Gasteiger partial charge in [-0.1, -0.05) is 30.3 Å². The highest BCUT2D eigenvalue weighted by molar-refractivity contribution is 14.0. The maximum absolute atomic E-state index is 5.64. The van der Waals surface area contributed by atoms with Crippen molar-refractivity contribution in [2.45, 2.75) is 52.3 Å². The maximum Gasteiger partial charge on any atom is 0.191 e. The topological polar surface area (TPSA) is 61.8 Å². The number of halogens is 1. The van der Waals surface area contributed by atoms with Crippen molar-refractivity contribution in [3.05, 3.63) is 59.8 Å². The van der Waals surface area contributed by atoms with E-state index in [9.17, 15) is 0 Å². The third kappa shape index (κ3) is 8.65. The number of aliphatic imine (C=N–C) groups is 1. The van der Waals surface area contributed by atoms with Crippen LogP contribution in [0, 0.1) is 0 Å². The molecular formula is C24H36IN5O. The summed E-state index contributed by atoms with van der Waals surface area (Å²) in [5.41, 5.74) is 2.53. The first-order valence-corrected chi connectivity index (χ1v) is 11.0. The number of guanidine groups is 1. The number of nitrogens with zero attached hydrogens (tertiary/aromatic N) is 3. The minimum atomic E-state index is 0. The molecule has 1 aromatic carbocycles. The van der Waals surface area contributed by atoms with Crippen LogP contribution in [-0.2, 0) is 17.7 Å². The van der Waals surface area contributed by atoms with E-state index in [2.05, 4.69) is 77.7 Å². The summed E-state index contributed by atoms with van der Waals surface area (Å²) in [4.78, 5) is 11.6. The van der Waals surface area contributed by atoms with Gasteiger partial charge in [0, 0.05) is 31.9 Å². The van der Waals surface area contributed by atoms with Crippen LogP contribution in [0.4, 0.5) is 5.82 Å². The molecule has 2 aromatic rings. The average molecular weight is 537 g/mol. The monoisotopic (exact) mass is 537 g/mol. The van der Waals surface area contributed by atoms with Crippen LogP contribution in [0.25, 0.3) is 0 Å². The second kappa shape index (κ2) is 13.5. The first-order chi connectivity index (χ1) is 14.6. The Morgan fingerprint density at radius 1 is 1.26 bits per heavy atom. The zero-order valence-electron chi connectivity index (χ0n) is 18.9. The molecule has 1 aliphatic heterocycles. The van der Waals surface area contributed by atoms with Gasteiger partial charge in [-0.05, 0) is 56.9 Å². The molecule has 1 fully saturated rings. The van der Waals surface area contributed by atoms with Crippen LogP contribution in [0.2, 0.25) is 0 Å². The Morgan fingerprint density at radius 3 is 2.81 bits per heavy atom. The number of rotatable bonds is 8. The molecule has 3 rings (SSSR count). The molecular weight excluding hydrogens is 501 g/mol. The third-order valence-electron chi connectivity index (χ3n) is 5.23. The average Bonchev–Trinajstić information content (AvgIpc) is 2.77. The fraction of sp³-hybridized carbons (Fsp3) is 0.500. The number of aryl methyl sites for hydroxylation is 1. The summed E-state index contributed by atoms with van der Waals surface area (Å²) in [6.07, 6.45) is 4.23. The molecule has 170 valence electrons. The normalized spacial score (nSPS) is 17.6. The fourth-order valence-electron chi connectivity index (χ4n) is 3.58. The molecule has 2 N–H and O–H groups in total. The molecule has 2 atom stereocenters. The smallest absolute Gasteiger partial charge is 0.191 e. The van der Waals surface area contributed by atoms with Gasteiger partial charge in [-0.2, -0.15) is 0 Å². The molecule has 0 bridgehead atoms. The van der Waals surface area contributed by atoms with Crippen LogP contribution in [0.1, 0.15) is 38.3 Å². The summed E-state index contributed by atoms with van der Waals surface area (Å²) in [6, 6.07) is 15.1.